The number of hydrogen-bond donors (Lipinski definition) is 2. The van der Waals surface area contributed by atoms with Gasteiger partial charge < -0.3 is 5.11 Å². The predicted molar refractivity (Wildman–Crippen MR) is 170 cm³/mol. The number of carboxylic acid groups (broad SMARTS) is 1. The maximum atomic E-state index is 10.2. The van der Waals surface area contributed by atoms with Crippen molar-refractivity contribution in [3.63, 3.8) is 0 Å². The molecular formula is C35H39NO2S. The predicted octanol–water partition coefficient (Wildman–Crippen LogP) is 8.95. The van der Waals surface area contributed by atoms with E-state index in [2.05, 4.69) is 124 Å². The molecule has 0 atom stereocenters. The van der Waals surface area contributed by atoms with Gasteiger partial charge in [-0.3, -0.25) is 4.79 Å². The van der Waals surface area contributed by atoms with Gasteiger partial charge in [0, 0.05) is 11.1 Å². The van der Waals surface area contributed by atoms with Crippen LogP contribution in [0.3, 0.4) is 0 Å². The first-order chi connectivity index (χ1) is 18.6. The molecule has 0 saturated carbocycles. The second kappa shape index (κ2) is 14.0. The molecule has 0 amide bonds. The molecule has 4 aromatic rings. The van der Waals surface area contributed by atoms with Gasteiger partial charge in [-0.15, -0.1) is 0 Å². The average Bonchev–Trinajstić information content (AvgIpc) is 2.92. The number of carbonyl (C=O) groups is 1. The van der Waals surface area contributed by atoms with Crippen LogP contribution < -0.4 is 0 Å². The third-order valence-corrected chi connectivity index (χ3v) is 7.42. The lowest BCUT2D eigenvalue weighted by molar-refractivity contribution is -0.145. The number of thiol groups is 1. The maximum Gasteiger partial charge on any atom is 0.309 e. The number of hydrogen-bond acceptors (Lipinski definition) is 3. The van der Waals surface area contributed by atoms with E-state index in [4.69, 9.17) is 10.1 Å². The monoisotopic (exact) mass is 537 g/mol. The highest BCUT2D eigenvalue weighted by molar-refractivity contribution is 7.80. The van der Waals surface area contributed by atoms with E-state index in [0.717, 1.165) is 36.0 Å². The highest BCUT2D eigenvalue weighted by atomic mass is 32.1. The van der Waals surface area contributed by atoms with E-state index in [-0.39, 0.29) is 0 Å². The molecule has 0 bridgehead atoms. The highest BCUT2D eigenvalue weighted by Crippen LogP contribution is 2.20. The lowest BCUT2D eigenvalue weighted by Crippen LogP contribution is -2.25. The Morgan fingerprint density at radius 1 is 0.974 bits per heavy atom. The Labute approximate surface area is 238 Å². The van der Waals surface area contributed by atoms with Crippen molar-refractivity contribution in [1.82, 2.24) is 4.98 Å². The van der Waals surface area contributed by atoms with E-state index >= 15 is 0 Å². The lowest BCUT2D eigenvalue weighted by Gasteiger charge is -2.13. The first kappa shape index (κ1) is 29.9. The van der Waals surface area contributed by atoms with Crippen molar-refractivity contribution < 1.29 is 9.90 Å². The standard InChI is InChI=1S/C30H29N.C5H10O2S/c1-22(2)29-13-5-4-11-26(29)12-7-10-24-8-6-9-25(21-24)15-18-28-19-17-27-16-14-23(3)20-30(27)31-28;1-5(2,3-8)4(6)7/h4-6,8-9,11,13-21H,1,7,10,12H2,2-3H3;8H,3H2,1-2H3,(H,6,7)/b18-15+;. The summed E-state index contributed by atoms with van der Waals surface area (Å²) in [5.41, 5.74) is 9.00. The van der Waals surface area contributed by atoms with E-state index < -0.39 is 11.4 Å². The van der Waals surface area contributed by atoms with Gasteiger partial charge in [-0.1, -0.05) is 85.0 Å². The van der Waals surface area contributed by atoms with Crippen LogP contribution in [0.15, 0.2) is 85.4 Å². The third kappa shape index (κ3) is 8.97. The summed E-state index contributed by atoms with van der Waals surface area (Å²) in [5, 5.41) is 9.57. The molecule has 1 heterocycles. The van der Waals surface area contributed by atoms with Gasteiger partial charge in [0.25, 0.3) is 0 Å². The SMILES string of the molecule is C=C(C)c1ccccc1CCCc1cccc(/C=C/c2ccc3ccc(C)cc3n2)c1.CC(C)(CS)C(=O)O. The zero-order valence-corrected chi connectivity index (χ0v) is 24.3. The molecule has 4 heteroatoms. The van der Waals surface area contributed by atoms with Crippen molar-refractivity contribution in [2.75, 3.05) is 5.75 Å². The summed E-state index contributed by atoms with van der Waals surface area (Å²) in [5.74, 6) is -0.421. The van der Waals surface area contributed by atoms with Crippen molar-refractivity contribution in [2.24, 2.45) is 5.41 Å². The van der Waals surface area contributed by atoms with Gasteiger partial charge >= 0.3 is 5.97 Å². The molecule has 0 fully saturated rings. The molecule has 1 aromatic heterocycles. The van der Waals surface area contributed by atoms with Crippen LogP contribution in [0.2, 0.25) is 0 Å². The fraction of sp³-hybridized carbons (Fsp3) is 0.257. The summed E-state index contributed by atoms with van der Waals surface area (Å²) < 4.78 is 0. The number of carboxylic acids is 1. The molecule has 0 unspecified atom stereocenters. The van der Waals surface area contributed by atoms with E-state index in [1.54, 1.807) is 13.8 Å². The largest absolute Gasteiger partial charge is 0.481 e. The van der Waals surface area contributed by atoms with Gasteiger partial charge in [-0.25, -0.2) is 4.98 Å². The van der Waals surface area contributed by atoms with Crippen LogP contribution in [-0.2, 0) is 17.6 Å². The highest BCUT2D eigenvalue weighted by Gasteiger charge is 2.24. The first-order valence-corrected chi connectivity index (χ1v) is 13.9. The van der Waals surface area contributed by atoms with Gasteiger partial charge in [0.05, 0.1) is 16.6 Å². The number of fused-ring (bicyclic) bond motifs is 1. The number of nitrogens with zero attached hydrogens (tertiary/aromatic N) is 1. The maximum absolute atomic E-state index is 10.2. The average molecular weight is 538 g/mol. The normalized spacial score (nSPS) is 11.3. The Kier molecular flexibility index (Phi) is 10.7. The van der Waals surface area contributed by atoms with E-state index in [1.807, 2.05) is 0 Å². The number of allylic oxidation sites excluding steroid dienone is 1. The molecule has 0 aliphatic carbocycles. The Morgan fingerprint density at radius 2 is 1.72 bits per heavy atom. The topological polar surface area (TPSA) is 50.2 Å². The van der Waals surface area contributed by atoms with Crippen LogP contribution in [0.4, 0.5) is 0 Å². The Bertz CT molecular complexity index is 1470. The molecule has 0 aliphatic heterocycles. The molecule has 0 saturated heterocycles. The van der Waals surface area contributed by atoms with E-state index in [1.165, 1.54) is 33.2 Å². The summed E-state index contributed by atoms with van der Waals surface area (Å²) in [6, 6.07) is 28.0. The van der Waals surface area contributed by atoms with Crippen LogP contribution in [0.5, 0.6) is 0 Å². The van der Waals surface area contributed by atoms with Gasteiger partial charge in [0.2, 0.25) is 0 Å². The molecule has 1 N–H and O–H groups in total. The molecule has 0 aliphatic rings. The smallest absolute Gasteiger partial charge is 0.309 e. The van der Waals surface area contributed by atoms with Crippen LogP contribution in [0.1, 0.15) is 60.7 Å². The second-order valence-electron chi connectivity index (χ2n) is 10.6. The molecule has 0 radical (unpaired) electrons. The molecule has 39 heavy (non-hydrogen) atoms. The summed E-state index contributed by atoms with van der Waals surface area (Å²) in [7, 11) is 0. The van der Waals surface area contributed by atoms with Crippen molar-refractivity contribution in [2.45, 2.75) is 47.0 Å². The lowest BCUT2D eigenvalue weighted by atomic mass is 9.96. The van der Waals surface area contributed by atoms with E-state index in [0.29, 0.717) is 5.75 Å². The molecular weight excluding hydrogens is 498 g/mol. The minimum atomic E-state index is -0.799. The number of aliphatic carboxylic acids is 1. The Morgan fingerprint density at radius 3 is 2.41 bits per heavy atom. The Balaban J connectivity index is 0.000000459. The van der Waals surface area contributed by atoms with Crippen molar-refractivity contribution in [1.29, 1.82) is 0 Å². The summed E-state index contributed by atoms with van der Waals surface area (Å²) in [6.45, 7) is 11.6. The second-order valence-corrected chi connectivity index (χ2v) is 11.0. The number of aromatic nitrogens is 1. The zero-order chi connectivity index (χ0) is 28.4. The number of aryl methyl sites for hydroxylation is 3. The minimum Gasteiger partial charge on any atom is -0.481 e. The molecule has 0 spiro atoms. The van der Waals surface area contributed by atoms with Gasteiger partial charge in [-0.2, -0.15) is 12.6 Å². The van der Waals surface area contributed by atoms with Crippen LogP contribution in [0, 0.1) is 12.3 Å². The molecule has 3 aromatic carbocycles. The molecule has 202 valence electrons. The Hall–Kier alpha value is -3.63. The van der Waals surface area contributed by atoms with Crippen molar-refractivity contribution in [3.8, 4) is 0 Å². The fourth-order valence-corrected chi connectivity index (χ4v) is 4.21. The van der Waals surface area contributed by atoms with Crippen molar-refractivity contribution >= 4 is 47.2 Å². The third-order valence-electron chi connectivity index (χ3n) is 6.63. The van der Waals surface area contributed by atoms with Crippen LogP contribution in [0.25, 0.3) is 28.6 Å². The van der Waals surface area contributed by atoms with Crippen molar-refractivity contribution in [3.05, 3.63) is 119 Å². The van der Waals surface area contributed by atoms with Gasteiger partial charge in [0.1, 0.15) is 0 Å². The van der Waals surface area contributed by atoms with Gasteiger partial charge in [-0.05, 0) is 93.0 Å². The quantitative estimate of drug-likeness (QED) is 0.210. The first-order valence-electron chi connectivity index (χ1n) is 13.3. The molecule has 4 rings (SSSR count). The number of rotatable bonds is 9. The zero-order valence-electron chi connectivity index (χ0n) is 23.4. The van der Waals surface area contributed by atoms with Crippen LogP contribution >= 0.6 is 12.6 Å². The minimum absolute atomic E-state index is 0.377. The van der Waals surface area contributed by atoms with E-state index in [9.17, 15) is 4.79 Å². The summed E-state index contributed by atoms with van der Waals surface area (Å²) >= 11 is 3.86. The van der Waals surface area contributed by atoms with Crippen LogP contribution in [-0.4, -0.2) is 21.8 Å². The number of pyridine rings is 1. The van der Waals surface area contributed by atoms with Gasteiger partial charge in [0.15, 0.2) is 0 Å². The number of benzene rings is 3. The summed E-state index contributed by atoms with van der Waals surface area (Å²) in [4.78, 5) is 15.0. The summed E-state index contributed by atoms with van der Waals surface area (Å²) in [6.07, 6.45) is 7.53. The molecule has 3 nitrogen and oxygen atoms in total. The fourth-order valence-electron chi connectivity index (χ4n) is 4.07.